The van der Waals surface area contributed by atoms with Crippen LogP contribution >= 0.6 is 11.6 Å². The Morgan fingerprint density at radius 2 is 2.33 bits per heavy atom. The molecule has 1 atom stereocenters. The highest BCUT2D eigenvalue weighted by Crippen LogP contribution is 2.27. The van der Waals surface area contributed by atoms with Crippen molar-refractivity contribution in [3.63, 3.8) is 0 Å². The summed E-state index contributed by atoms with van der Waals surface area (Å²) in [5.74, 6) is 0.434. The molecule has 0 saturated carbocycles. The van der Waals surface area contributed by atoms with Crippen LogP contribution in [0.4, 0.5) is 11.4 Å². The first-order chi connectivity index (χ1) is 9.95. The van der Waals surface area contributed by atoms with E-state index in [9.17, 15) is 14.9 Å². The third-order valence-electron chi connectivity index (χ3n) is 3.53. The van der Waals surface area contributed by atoms with Crippen LogP contribution < -0.4 is 5.32 Å². The molecule has 1 aliphatic heterocycles. The van der Waals surface area contributed by atoms with Gasteiger partial charge in [-0.1, -0.05) is 18.5 Å². The summed E-state index contributed by atoms with van der Waals surface area (Å²) in [6.07, 6.45) is 2.29. The second kappa shape index (κ2) is 6.87. The summed E-state index contributed by atoms with van der Waals surface area (Å²) in [6, 6.07) is 4.25. The maximum Gasteiger partial charge on any atom is 0.289 e. The molecule has 1 heterocycles. The highest BCUT2D eigenvalue weighted by atomic mass is 35.5. The lowest BCUT2D eigenvalue weighted by Gasteiger charge is -2.30. The lowest BCUT2D eigenvalue weighted by Crippen LogP contribution is -2.39. The minimum absolute atomic E-state index is 0.0582. The molecule has 21 heavy (non-hydrogen) atoms. The molecule has 0 aromatic heterocycles. The number of nitrogens with one attached hydrogen (secondary N) is 1. The standard InChI is InChI=1S/C14H18ClN3O3/c1-10-3-2-6-17(8-10)9-14(19)16-11-4-5-12(15)13(7-11)18(20)21/h4-5,7,10H,2-3,6,8-9H2,1H3,(H,16,19)/t10-/m1/s1. The van der Waals surface area contributed by atoms with E-state index in [0.717, 1.165) is 19.5 Å². The molecule has 1 saturated heterocycles. The summed E-state index contributed by atoms with van der Waals surface area (Å²) in [7, 11) is 0. The Labute approximate surface area is 128 Å². The van der Waals surface area contributed by atoms with Gasteiger partial charge < -0.3 is 5.32 Å². The predicted octanol–water partition coefficient (Wildman–Crippen LogP) is 2.92. The molecule has 0 spiro atoms. The van der Waals surface area contributed by atoms with Gasteiger partial charge in [-0.2, -0.15) is 0 Å². The number of rotatable bonds is 4. The molecule has 2 rings (SSSR count). The van der Waals surface area contributed by atoms with Crippen molar-refractivity contribution in [1.82, 2.24) is 4.90 Å². The number of nitro benzene ring substituents is 1. The zero-order valence-corrected chi connectivity index (χ0v) is 12.6. The predicted molar refractivity (Wildman–Crippen MR) is 81.6 cm³/mol. The zero-order chi connectivity index (χ0) is 15.4. The van der Waals surface area contributed by atoms with Crippen LogP contribution in [0.5, 0.6) is 0 Å². The molecule has 6 nitrogen and oxygen atoms in total. The lowest BCUT2D eigenvalue weighted by atomic mass is 10.0. The quantitative estimate of drug-likeness (QED) is 0.685. The molecule has 1 amide bonds. The number of carbonyl (C=O) groups is 1. The van der Waals surface area contributed by atoms with Gasteiger partial charge in [0.05, 0.1) is 11.5 Å². The van der Waals surface area contributed by atoms with E-state index in [1.165, 1.54) is 18.6 Å². The molecule has 1 fully saturated rings. The molecule has 0 radical (unpaired) electrons. The minimum atomic E-state index is -0.565. The van der Waals surface area contributed by atoms with Crippen molar-refractivity contribution in [2.24, 2.45) is 5.92 Å². The third kappa shape index (κ3) is 4.41. The molecular formula is C14H18ClN3O3. The molecule has 114 valence electrons. The van der Waals surface area contributed by atoms with Crippen LogP contribution in [-0.4, -0.2) is 35.4 Å². The first kappa shape index (κ1) is 15.7. The Hall–Kier alpha value is -1.66. The maximum absolute atomic E-state index is 12.0. The molecule has 7 heteroatoms. The van der Waals surface area contributed by atoms with Crippen molar-refractivity contribution >= 4 is 28.9 Å². The van der Waals surface area contributed by atoms with Crippen molar-refractivity contribution in [2.75, 3.05) is 25.0 Å². The number of hydrogen-bond donors (Lipinski definition) is 1. The van der Waals surface area contributed by atoms with Gasteiger partial charge in [-0.3, -0.25) is 19.8 Å². The highest BCUT2D eigenvalue weighted by molar-refractivity contribution is 6.32. The van der Waals surface area contributed by atoms with Crippen molar-refractivity contribution in [2.45, 2.75) is 19.8 Å². The second-order valence-corrected chi connectivity index (χ2v) is 5.86. The fourth-order valence-corrected chi connectivity index (χ4v) is 2.75. The number of likely N-dealkylation sites (tertiary alicyclic amines) is 1. The molecule has 1 aromatic rings. The Morgan fingerprint density at radius 1 is 1.57 bits per heavy atom. The summed E-state index contributed by atoms with van der Waals surface area (Å²) >= 11 is 5.74. The Morgan fingerprint density at radius 3 is 3.00 bits per heavy atom. The smallest absolute Gasteiger partial charge is 0.289 e. The first-order valence-electron chi connectivity index (χ1n) is 6.92. The van der Waals surface area contributed by atoms with Gasteiger partial charge in [-0.05, 0) is 37.4 Å². The van der Waals surface area contributed by atoms with Crippen molar-refractivity contribution in [3.8, 4) is 0 Å². The topological polar surface area (TPSA) is 75.5 Å². The molecule has 1 aromatic carbocycles. The van der Waals surface area contributed by atoms with Gasteiger partial charge in [0.2, 0.25) is 5.91 Å². The monoisotopic (exact) mass is 311 g/mol. The van der Waals surface area contributed by atoms with Gasteiger partial charge in [0.15, 0.2) is 0 Å². The van der Waals surface area contributed by atoms with Crippen LogP contribution in [-0.2, 0) is 4.79 Å². The Bertz CT molecular complexity index is 550. The third-order valence-corrected chi connectivity index (χ3v) is 3.85. The van der Waals surface area contributed by atoms with Gasteiger partial charge in [-0.15, -0.1) is 0 Å². The fourth-order valence-electron chi connectivity index (χ4n) is 2.56. The molecular weight excluding hydrogens is 294 g/mol. The van der Waals surface area contributed by atoms with Gasteiger partial charge in [0.25, 0.3) is 5.69 Å². The number of nitrogens with zero attached hydrogens (tertiary/aromatic N) is 2. The minimum Gasteiger partial charge on any atom is -0.325 e. The summed E-state index contributed by atoms with van der Waals surface area (Å²) < 4.78 is 0. The molecule has 0 unspecified atom stereocenters. The van der Waals surface area contributed by atoms with Crippen molar-refractivity contribution < 1.29 is 9.72 Å². The van der Waals surface area contributed by atoms with E-state index in [4.69, 9.17) is 11.6 Å². The number of amides is 1. The van der Waals surface area contributed by atoms with Crippen LogP contribution in [0.3, 0.4) is 0 Å². The lowest BCUT2D eigenvalue weighted by molar-refractivity contribution is -0.384. The van der Waals surface area contributed by atoms with Crippen molar-refractivity contribution in [1.29, 1.82) is 0 Å². The summed E-state index contributed by atoms with van der Waals surface area (Å²) in [4.78, 5) is 24.4. The number of nitro groups is 1. The highest BCUT2D eigenvalue weighted by Gasteiger charge is 2.19. The average Bonchev–Trinajstić information content (AvgIpc) is 2.40. The van der Waals surface area contributed by atoms with Crippen LogP contribution in [0.1, 0.15) is 19.8 Å². The molecule has 0 aliphatic carbocycles. The average molecular weight is 312 g/mol. The van der Waals surface area contributed by atoms with Crippen LogP contribution in [0.25, 0.3) is 0 Å². The second-order valence-electron chi connectivity index (χ2n) is 5.45. The molecule has 1 aliphatic rings. The number of halogens is 1. The summed E-state index contributed by atoms with van der Waals surface area (Å²) in [5.41, 5.74) is 0.183. The molecule has 0 bridgehead atoms. The molecule has 1 N–H and O–H groups in total. The fraction of sp³-hybridized carbons (Fsp3) is 0.500. The maximum atomic E-state index is 12.0. The van der Waals surface area contributed by atoms with Gasteiger partial charge in [0.1, 0.15) is 5.02 Å². The van der Waals surface area contributed by atoms with Crippen LogP contribution in [0.15, 0.2) is 18.2 Å². The number of carbonyl (C=O) groups excluding carboxylic acids is 1. The van der Waals surface area contributed by atoms with Gasteiger partial charge >= 0.3 is 0 Å². The Balaban J connectivity index is 1.96. The van der Waals surface area contributed by atoms with Crippen LogP contribution in [0, 0.1) is 16.0 Å². The van der Waals surface area contributed by atoms with Crippen LogP contribution in [0.2, 0.25) is 5.02 Å². The number of benzene rings is 1. The zero-order valence-electron chi connectivity index (χ0n) is 11.8. The SMILES string of the molecule is C[C@@H]1CCCN(CC(=O)Nc2ccc(Cl)c([N+](=O)[O-])c2)C1. The summed E-state index contributed by atoms with van der Waals surface area (Å²) in [5, 5.41) is 13.6. The normalized spacial score (nSPS) is 19.2. The van der Waals surface area contributed by atoms with Gasteiger partial charge in [-0.25, -0.2) is 0 Å². The van der Waals surface area contributed by atoms with E-state index >= 15 is 0 Å². The van der Waals surface area contributed by atoms with Crippen molar-refractivity contribution in [3.05, 3.63) is 33.3 Å². The van der Waals surface area contributed by atoms with E-state index < -0.39 is 4.92 Å². The summed E-state index contributed by atoms with van der Waals surface area (Å²) in [6.45, 7) is 4.31. The van der Waals surface area contributed by atoms with E-state index in [1.54, 1.807) is 6.07 Å². The number of piperidine rings is 1. The number of hydrogen-bond acceptors (Lipinski definition) is 4. The van der Waals surface area contributed by atoms with E-state index in [-0.39, 0.29) is 16.6 Å². The first-order valence-corrected chi connectivity index (χ1v) is 7.29. The van der Waals surface area contributed by atoms with E-state index in [1.807, 2.05) is 0 Å². The van der Waals surface area contributed by atoms with Gasteiger partial charge in [0, 0.05) is 18.3 Å². The van der Waals surface area contributed by atoms with E-state index in [0.29, 0.717) is 18.2 Å². The Kier molecular flexibility index (Phi) is 5.14. The van der Waals surface area contributed by atoms with E-state index in [2.05, 4.69) is 17.1 Å². The largest absolute Gasteiger partial charge is 0.325 e. The number of anilines is 1.